The fourth-order valence-electron chi connectivity index (χ4n) is 2.51. The van der Waals surface area contributed by atoms with Crippen LogP contribution in [-0.4, -0.2) is 37.1 Å². The molecule has 0 aliphatic carbocycles. The Morgan fingerprint density at radius 3 is 2.59 bits per heavy atom. The van der Waals surface area contributed by atoms with Crippen molar-refractivity contribution in [3.63, 3.8) is 0 Å². The molecule has 0 bridgehead atoms. The SMILES string of the molecule is CCN(CC)c1ccc(NC(=O)C2CCCNC2)cn1.Cl.Cl. The Balaban J connectivity index is 0.00000220. The number of pyridine rings is 1. The van der Waals surface area contributed by atoms with Crippen molar-refractivity contribution >= 4 is 42.2 Å². The van der Waals surface area contributed by atoms with Crippen LogP contribution in [0, 0.1) is 5.92 Å². The molecule has 2 heterocycles. The van der Waals surface area contributed by atoms with E-state index in [0.717, 1.165) is 50.5 Å². The number of halogens is 2. The summed E-state index contributed by atoms with van der Waals surface area (Å²) in [6.45, 7) is 7.88. The summed E-state index contributed by atoms with van der Waals surface area (Å²) < 4.78 is 0. The molecule has 1 saturated heterocycles. The number of rotatable bonds is 5. The molecule has 2 N–H and O–H groups in total. The standard InChI is InChI=1S/C15H24N4O.2ClH/c1-3-19(4-2)14-8-7-13(11-17-14)18-15(20)12-6-5-9-16-10-12;;/h7-8,11-12,16H,3-6,9-10H2,1-2H3,(H,18,20);2*1H. The number of amides is 1. The molecule has 1 amide bonds. The Morgan fingerprint density at radius 1 is 1.36 bits per heavy atom. The van der Waals surface area contributed by atoms with E-state index in [1.165, 1.54) is 0 Å². The number of carbonyl (C=O) groups is 1. The van der Waals surface area contributed by atoms with Crippen molar-refractivity contribution in [2.75, 3.05) is 36.4 Å². The average Bonchev–Trinajstić information content (AvgIpc) is 2.51. The fourth-order valence-corrected chi connectivity index (χ4v) is 2.51. The lowest BCUT2D eigenvalue weighted by Crippen LogP contribution is -2.37. The van der Waals surface area contributed by atoms with Gasteiger partial charge in [0.15, 0.2) is 0 Å². The number of piperidine rings is 1. The number of nitrogens with one attached hydrogen (secondary N) is 2. The van der Waals surface area contributed by atoms with Crippen LogP contribution in [0.4, 0.5) is 11.5 Å². The van der Waals surface area contributed by atoms with Gasteiger partial charge in [0.2, 0.25) is 5.91 Å². The van der Waals surface area contributed by atoms with Crippen molar-refractivity contribution in [1.82, 2.24) is 10.3 Å². The van der Waals surface area contributed by atoms with Crippen LogP contribution in [0.5, 0.6) is 0 Å². The van der Waals surface area contributed by atoms with Crippen molar-refractivity contribution in [2.24, 2.45) is 5.92 Å². The molecule has 0 saturated carbocycles. The number of nitrogens with zero attached hydrogens (tertiary/aromatic N) is 2. The topological polar surface area (TPSA) is 57.3 Å². The van der Waals surface area contributed by atoms with Gasteiger partial charge >= 0.3 is 0 Å². The Kier molecular flexibility index (Phi) is 10.1. The zero-order chi connectivity index (χ0) is 14.4. The lowest BCUT2D eigenvalue weighted by atomic mass is 9.99. The Morgan fingerprint density at radius 2 is 2.09 bits per heavy atom. The maximum atomic E-state index is 12.1. The van der Waals surface area contributed by atoms with E-state index in [0.29, 0.717) is 0 Å². The minimum absolute atomic E-state index is 0. The number of carbonyl (C=O) groups excluding carboxylic acids is 1. The van der Waals surface area contributed by atoms with E-state index >= 15 is 0 Å². The van der Waals surface area contributed by atoms with E-state index in [1.54, 1.807) is 6.20 Å². The summed E-state index contributed by atoms with van der Waals surface area (Å²) in [5.74, 6) is 1.12. The van der Waals surface area contributed by atoms with Gasteiger partial charge in [-0.2, -0.15) is 0 Å². The molecular weight excluding hydrogens is 323 g/mol. The molecule has 0 radical (unpaired) electrons. The van der Waals surface area contributed by atoms with Gasteiger partial charge in [0.1, 0.15) is 5.82 Å². The highest BCUT2D eigenvalue weighted by Gasteiger charge is 2.20. The quantitative estimate of drug-likeness (QED) is 0.858. The highest BCUT2D eigenvalue weighted by atomic mass is 35.5. The summed E-state index contributed by atoms with van der Waals surface area (Å²) in [4.78, 5) is 18.7. The Bertz CT molecular complexity index is 432. The monoisotopic (exact) mass is 348 g/mol. The molecule has 126 valence electrons. The van der Waals surface area contributed by atoms with Gasteiger partial charge in [0.05, 0.1) is 17.8 Å². The second-order valence-corrected chi connectivity index (χ2v) is 5.11. The van der Waals surface area contributed by atoms with Gasteiger partial charge in [-0.15, -0.1) is 24.8 Å². The van der Waals surface area contributed by atoms with Crippen LogP contribution in [0.2, 0.25) is 0 Å². The van der Waals surface area contributed by atoms with E-state index in [9.17, 15) is 4.79 Å². The molecule has 0 aromatic carbocycles. The number of aromatic nitrogens is 1. The Hall–Kier alpha value is -1.04. The van der Waals surface area contributed by atoms with E-state index in [4.69, 9.17) is 0 Å². The summed E-state index contributed by atoms with van der Waals surface area (Å²) in [5.41, 5.74) is 0.775. The fraction of sp³-hybridized carbons (Fsp3) is 0.600. The predicted octanol–water partition coefficient (Wildman–Crippen LogP) is 2.71. The van der Waals surface area contributed by atoms with E-state index in [-0.39, 0.29) is 36.6 Å². The molecule has 22 heavy (non-hydrogen) atoms. The van der Waals surface area contributed by atoms with Crippen LogP contribution in [-0.2, 0) is 4.79 Å². The van der Waals surface area contributed by atoms with Crippen LogP contribution in [0.1, 0.15) is 26.7 Å². The number of anilines is 2. The molecule has 1 fully saturated rings. The highest BCUT2D eigenvalue weighted by Crippen LogP contribution is 2.16. The third kappa shape index (κ3) is 5.63. The number of hydrogen-bond donors (Lipinski definition) is 2. The molecule has 1 atom stereocenters. The molecule has 1 unspecified atom stereocenters. The van der Waals surface area contributed by atoms with Gasteiger partial charge in [-0.1, -0.05) is 0 Å². The lowest BCUT2D eigenvalue weighted by molar-refractivity contribution is -0.120. The number of hydrogen-bond acceptors (Lipinski definition) is 4. The van der Waals surface area contributed by atoms with Crippen molar-refractivity contribution in [3.05, 3.63) is 18.3 Å². The summed E-state index contributed by atoms with van der Waals surface area (Å²) in [6, 6.07) is 3.89. The van der Waals surface area contributed by atoms with Gasteiger partial charge in [0.25, 0.3) is 0 Å². The van der Waals surface area contributed by atoms with Crippen LogP contribution in [0.3, 0.4) is 0 Å². The molecule has 7 heteroatoms. The third-order valence-corrected chi connectivity index (χ3v) is 3.77. The minimum atomic E-state index is 0. The molecule has 2 rings (SSSR count). The van der Waals surface area contributed by atoms with Gasteiger partial charge in [0, 0.05) is 19.6 Å². The highest BCUT2D eigenvalue weighted by molar-refractivity contribution is 5.92. The molecule has 0 spiro atoms. The van der Waals surface area contributed by atoms with Crippen molar-refractivity contribution in [1.29, 1.82) is 0 Å². The lowest BCUT2D eigenvalue weighted by Gasteiger charge is -2.22. The van der Waals surface area contributed by atoms with Crippen LogP contribution >= 0.6 is 24.8 Å². The van der Waals surface area contributed by atoms with Crippen molar-refractivity contribution in [3.8, 4) is 0 Å². The zero-order valence-corrected chi connectivity index (χ0v) is 14.8. The third-order valence-electron chi connectivity index (χ3n) is 3.77. The molecule has 1 aromatic rings. The first-order valence-corrected chi connectivity index (χ1v) is 7.47. The molecule has 1 aliphatic rings. The minimum Gasteiger partial charge on any atom is -0.357 e. The van der Waals surface area contributed by atoms with Gasteiger partial charge < -0.3 is 15.5 Å². The summed E-state index contributed by atoms with van der Waals surface area (Å²) in [6.07, 6.45) is 3.77. The van der Waals surface area contributed by atoms with Gasteiger partial charge in [-0.05, 0) is 45.4 Å². The first-order chi connectivity index (χ1) is 9.74. The van der Waals surface area contributed by atoms with Crippen LogP contribution < -0.4 is 15.5 Å². The summed E-state index contributed by atoms with van der Waals surface area (Å²) in [5, 5.41) is 6.21. The Labute approximate surface area is 145 Å². The van der Waals surface area contributed by atoms with Crippen molar-refractivity contribution < 1.29 is 4.79 Å². The summed E-state index contributed by atoms with van der Waals surface area (Å²) in [7, 11) is 0. The molecular formula is C15H26Cl2N4O. The first-order valence-electron chi connectivity index (χ1n) is 7.47. The van der Waals surface area contributed by atoms with Gasteiger partial charge in [-0.25, -0.2) is 4.98 Å². The van der Waals surface area contributed by atoms with Crippen molar-refractivity contribution in [2.45, 2.75) is 26.7 Å². The van der Waals surface area contributed by atoms with Crippen LogP contribution in [0.25, 0.3) is 0 Å². The zero-order valence-electron chi connectivity index (χ0n) is 13.2. The molecule has 1 aromatic heterocycles. The second-order valence-electron chi connectivity index (χ2n) is 5.11. The molecule has 1 aliphatic heterocycles. The normalized spacial score (nSPS) is 16.9. The average molecular weight is 349 g/mol. The van der Waals surface area contributed by atoms with E-state index in [1.807, 2.05) is 12.1 Å². The van der Waals surface area contributed by atoms with E-state index < -0.39 is 0 Å². The smallest absolute Gasteiger partial charge is 0.228 e. The van der Waals surface area contributed by atoms with Gasteiger partial charge in [-0.3, -0.25) is 4.79 Å². The maximum Gasteiger partial charge on any atom is 0.228 e. The van der Waals surface area contributed by atoms with E-state index in [2.05, 4.69) is 34.4 Å². The molecule has 5 nitrogen and oxygen atoms in total. The predicted molar refractivity (Wildman–Crippen MR) is 96.5 cm³/mol. The largest absolute Gasteiger partial charge is 0.357 e. The second kappa shape index (κ2) is 10.6. The summed E-state index contributed by atoms with van der Waals surface area (Å²) >= 11 is 0. The van der Waals surface area contributed by atoms with Crippen LogP contribution in [0.15, 0.2) is 18.3 Å². The first kappa shape index (κ1) is 21.0. The maximum absolute atomic E-state index is 12.1.